The van der Waals surface area contributed by atoms with Gasteiger partial charge in [-0.1, -0.05) is 17.7 Å². The van der Waals surface area contributed by atoms with Gasteiger partial charge in [0.1, 0.15) is 5.15 Å². The monoisotopic (exact) mass is 271 g/mol. The van der Waals surface area contributed by atoms with Gasteiger partial charge >= 0.3 is 0 Å². The molecule has 2 N–H and O–H groups in total. The van der Waals surface area contributed by atoms with E-state index in [9.17, 15) is 10.1 Å². The first kappa shape index (κ1) is 14.2. The number of pyridine rings is 1. The number of halogens is 1. The maximum atomic E-state index is 10.4. The molecule has 0 saturated carbocycles. The van der Waals surface area contributed by atoms with Gasteiger partial charge in [-0.2, -0.15) is 0 Å². The lowest BCUT2D eigenvalue weighted by atomic mass is 10.3. The molecule has 0 aliphatic carbocycles. The highest BCUT2D eigenvalue weighted by molar-refractivity contribution is 6.29. The summed E-state index contributed by atoms with van der Waals surface area (Å²) in [7, 11) is 3.47. The molecule has 0 aliphatic heterocycles. The van der Waals surface area contributed by atoms with Crippen LogP contribution < -0.4 is 10.7 Å². The second-order valence-electron chi connectivity index (χ2n) is 3.68. The van der Waals surface area contributed by atoms with Crippen LogP contribution in [0.2, 0.25) is 5.15 Å². The molecule has 0 aromatic carbocycles. The summed E-state index contributed by atoms with van der Waals surface area (Å²) in [5.41, 5.74) is 3.66. The van der Waals surface area contributed by atoms with Crippen LogP contribution in [0.5, 0.6) is 0 Å². The van der Waals surface area contributed by atoms with E-state index in [0.717, 1.165) is 11.8 Å². The largest absolute Gasteiger partial charge is 0.362 e. The van der Waals surface area contributed by atoms with Crippen molar-refractivity contribution in [1.82, 2.24) is 20.7 Å². The summed E-state index contributed by atoms with van der Waals surface area (Å²) in [6, 6.07) is 3.45. The Morgan fingerprint density at radius 2 is 2.33 bits per heavy atom. The van der Waals surface area contributed by atoms with Crippen molar-refractivity contribution in [2.24, 2.45) is 0 Å². The minimum Gasteiger partial charge on any atom is -0.362 e. The third-order valence-corrected chi connectivity index (χ3v) is 2.07. The Hall–Kier alpha value is -1.86. The number of hydrogen-bond acceptors (Lipinski definition) is 6. The molecule has 0 bridgehead atoms. The van der Waals surface area contributed by atoms with Crippen LogP contribution in [0.25, 0.3) is 0 Å². The smallest absolute Gasteiger partial charge is 0.275 e. The van der Waals surface area contributed by atoms with Gasteiger partial charge in [0.2, 0.25) is 0 Å². The summed E-state index contributed by atoms with van der Waals surface area (Å²) in [5, 5.41) is 15.4. The molecule has 0 amide bonds. The maximum absolute atomic E-state index is 10.4. The van der Waals surface area contributed by atoms with E-state index < -0.39 is 4.92 Å². The van der Waals surface area contributed by atoms with E-state index in [1.807, 2.05) is 0 Å². The molecule has 0 fully saturated rings. The van der Waals surface area contributed by atoms with Crippen molar-refractivity contribution < 1.29 is 4.92 Å². The summed E-state index contributed by atoms with van der Waals surface area (Å²) >= 11 is 5.66. The highest BCUT2D eigenvalue weighted by Gasteiger charge is 2.03. The molecule has 7 nitrogen and oxygen atoms in total. The van der Waals surface area contributed by atoms with Gasteiger partial charge in [0, 0.05) is 26.8 Å². The van der Waals surface area contributed by atoms with Crippen LogP contribution in [0.3, 0.4) is 0 Å². The van der Waals surface area contributed by atoms with E-state index in [1.54, 1.807) is 37.4 Å². The summed E-state index contributed by atoms with van der Waals surface area (Å²) in [6.45, 7) is 0.407. The zero-order valence-corrected chi connectivity index (χ0v) is 10.8. The van der Waals surface area contributed by atoms with Crippen molar-refractivity contribution in [2.75, 3.05) is 14.1 Å². The van der Waals surface area contributed by atoms with Crippen LogP contribution in [-0.4, -0.2) is 29.0 Å². The quantitative estimate of drug-likeness (QED) is 0.456. The molecule has 98 valence electrons. The number of hydrazine groups is 1. The number of nitrogens with zero attached hydrogens (tertiary/aromatic N) is 3. The molecule has 0 unspecified atom stereocenters. The van der Waals surface area contributed by atoms with Gasteiger partial charge in [0.15, 0.2) is 5.82 Å². The Balaban J connectivity index is 2.61. The molecule has 1 aromatic heterocycles. The molecule has 0 radical (unpaired) electrons. The van der Waals surface area contributed by atoms with Gasteiger partial charge in [-0.25, -0.2) is 9.99 Å². The summed E-state index contributed by atoms with van der Waals surface area (Å²) in [6.07, 6.45) is 2.47. The SMILES string of the molecule is CN(C)NC(=C[N+](=O)[O-])NCc1ccc(Cl)nc1. The molecule has 0 atom stereocenters. The average Bonchev–Trinajstić information content (AvgIpc) is 2.26. The number of aromatic nitrogens is 1. The first-order valence-electron chi connectivity index (χ1n) is 5.11. The zero-order chi connectivity index (χ0) is 13.5. The molecule has 8 heteroatoms. The van der Waals surface area contributed by atoms with Crippen LogP contribution in [0, 0.1) is 10.1 Å². The Morgan fingerprint density at radius 3 is 2.83 bits per heavy atom. The predicted octanol–water partition coefficient (Wildman–Crippen LogP) is 0.966. The van der Waals surface area contributed by atoms with Crippen LogP contribution in [0.4, 0.5) is 0 Å². The fraction of sp³-hybridized carbons (Fsp3) is 0.300. The van der Waals surface area contributed by atoms with Crippen LogP contribution >= 0.6 is 11.6 Å². The Bertz CT molecular complexity index is 432. The second kappa shape index (κ2) is 6.77. The summed E-state index contributed by atoms with van der Waals surface area (Å²) < 4.78 is 0. The number of nitro groups is 1. The van der Waals surface area contributed by atoms with Crippen LogP contribution in [-0.2, 0) is 6.54 Å². The van der Waals surface area contributed by atoms with Crippen LogP contribution in [0.15, 0.2) is 30.4 Å². The van der Waals surface area contributed by atoms with Gasteiger partial charge < -0.3 is 10.7 Å². The Morgan fingerprint density at radius 1 is 1.61 bits per heavy atom. The standard InChI is InChI=1S/C10H14ClN5O2/c1-15(2)14-10(7-16(17)18)13-6-8-3-4-9(11)12-5-8/h3-5,7,13-14H,6H2,1-2H3. The van der Waals surface area contributed by atoms with Gasteiger partial charge in [0.25, 0.3) is 6.20 Å². The molecule has 1 rings (SSSR count). The normalized spacial score (nSPS) is 11.4. The summed E-state index contributed by atoms with van der Waals surface area (Å²) in [4.78, 5) is 13.8. The van der Waals surface area contributed by atoms with E-state index in [-0.39, 0.29) is 0 Å². The molecule has 1 heterocycles. The van der Waals surface area contributed by atoms with Gasteiger partial charge in [-0.3, -0.25) is 10.1 Å². The highest BCUT2D eigenvalue weighted by atomic mass is 35.5. The van der Waals surface area contributed by atoms with Gasteiger partial charge in [-0.15, -0.1) is 0 Å². The minimum absolute atomic E-state index is 0.292. The molecular formula is C10H14ClN5O2. The lowest BCUT2D eigenvalue weighted by Crippen LogP contribution is -2.36. The van der Waals surface area contributed by atoms with Gasteiger partial charge in [0.05, 0.1) is 4.92 Å². The topological polar surface area (TPSA) is 83.3 Å². The maximum Gasteiger partial charge on any atom is 0.275 e. The first-order valence-corrected chi connectivity index (χ1v) is 5.49. The van der Waals surface area contributed by atoms with E-state index in [0.29, 0.717) is 17.5 Å². The third-order valence-electron chi connectivity index (χ3n) is 1.85. The van der Waals surface area contributed by atoms with Crippen molar-refractivity contribution in [2.45, 2.75) is 6.54 Å². The lowest BCUT2D eigenvalue weighted by Gasteiger charge is -2.16. The van der Waals surface area contributed by atoms with Crippen molar-refractivity contribution in [3.05, 3.63) is 51.2 Å². The second-order valence-corrected chi connectivity index (χ2v) is 4.06. The number of rotatable bonds is 6. The fourth-order valence-corrected chi connectivity index (χ4v) is 1.28. The van der Waals surface area contributed by atoms with Crippen molar-refractivity contribution in [1.29, 1.82) is 0 Å². The third kappa shape index (κ3) is 5.46. The average molecular weight is 272 g/mol. The van der Waals surface area contributed by atoms with E-state index >= 15 is 0 Å². The predicted molar refractivity (Wildman–Crippen MR) is 68.0 cm³/mol. The first-order chi connectivity index (χ1) is 8.47. The zero-order valence-electron chi connectivity index (χ0n) is 10.1. The molecule has 0 aliphatic rings. The van der Waals surface area contributed by atoms with Crippen molar-refractivity contribution in [3.63, 3.8) is 0 Å². The molecular weight excluding hydrogens is 258 g/mol. The van der Waals surface area contributed by atoms with Crippen molar-refractivity contribution >= 4 is 11.6 Å². The van der Waals surface area contributed by atoms with Crippen LogP contribution in [0.1, 0.15) is 5.56 Å². The lowest BCUT2D eigenvalue weighted by molar-refractivity contribution is -0.404. The van der Waals surface area contributed by atoms with Crippen molar-refractivity contribution in [3.8, 4) is 0 Å². The molecule has 1 aromatic rings. The van der Waals surface area contributed by atoms with E-state index in [4.69, 9.17) is 11.6 Å². The number of hydrogen-bond donors (Lipinski definition) is 2. The minimum atomic E-state index is -0.529. The Labute approximate surface area is 110 Å². The number of nitrogens with one attached hydrogen (secondary N) is 2. The highest BCUT2D eigenvalue weighted by Crippen LogP contribution is 2.05. The molecule has 0 saturated heterocycles. The Kier molecular flexibility index (Phi) is 5.34. The van der Waals surface area contributed by atoms with Gasteiger partial charge in [-0.05, 0) is 11.6 Å². The van der Waals surface area contributed by atoms with E-state index in [1.165, 1.54) is 0 Å². The molecule has 0 spiro atoms. The van der Waals surface area contributed by atoms with E-state index in [2.05, 4.69) is 15.7 Å². The fourth-order valence-electron chi connectivity index (χ4n) is 1.17. The summed E-state index contributed by atoms with van der Waals surface area (Å²) in [5.74, 6) is 0.292. The molecule has 18 heavy (non-hydrogen) atoms.